The second kappa shape index (κ2) is 16.4. The van der Waals surface area contributed by atoms with E-state index in [0.29, 0.717) is 11.5 Å². The van der Waals surface area contributed by atoms with Crippen molar-refractivity contribution in [2.24, 2.45) is 0 Å². The summed E-state index contributed by atoms with van der Waals surface area (Å²) in [6.07, 6.45) is 1.94. The Labute approximate surface area is 346 Å². The van der Waals surface area contributed by atoms with Gasteiger partial charge < -0.3 is 25.8 Å². The van der Waals surface area contributed by atoms with Crippen LogP contribution in [0.4, 0.5) is 0 Å². The topological polar surface area (TPSA) is 71.0 Å². The first-order chi connectivity index (χ1) is 27.9. The van der Waals surface area contributed by atoms with Crippen LogP contribution >= 0.6 is 28.2 Å². The van der Waals surface area contributed by atoms with Crippen molar-refractivity contribution in [3.8, 4) is 11.5 Å². The van der Waals surface area contributed by atoms with Gasteiger partial charge in [0.15, 0.2) is 11.5 Å². The van der Waals surface area contributed by atoms with Crippen molar-refractivity contribution in [2.75, 3.05) is 0 Å². The molecule has 0 amide bonds. The van der Waals surface area contributed by atoms with E-state index in [1.165, 1.54) is 11.1 Å². The van der Waals surface area contributed by atoms with Gasteiger partial charge in [-0.05, 0) is 88.7 Å². The summed E-state index contributed by atoms with van der Waals surface area (Å²) in [6, 6.07) is 43.3. The summed E-state index contributed by atoms with van der Waals surface area (Å²) in [5, 5.41) is 3.91. The molecule has 8 aromatic rings. The van der Waals surface area contributed by atoms with Crippen molar-refractivity contribution < 1.29 is 25.8 Å². The normalized spacial score (nSPS) is 12.5. The number of hydrogen-bond acceptors (Lipinski definition) is 7. The Balaban J connectivity index is 1.29. The van der Waals surface area contributed by atoms with E-state index >= 15 is 0 Å². The smallest absolute Gasteiger partial charge is 0.390 e. The molecule has 0 N–H and O–H groups in total. The van der Waals surface area contributed by atoms with Gasteiger partial charge in [0.25, 0.3) is 0 Å². The lowest BCUT2D eigenvalue weighted by atomic mass is 9.82. The van der Waals surface area contributed by atoms with Crippen molar-refractivity contribution >= 4 is 72.1 Å². The standard InChI is InChI=1S/C49H50O6P2S/c1-9-48(5,6)33-26-28-43(53-56-50-40-23-14-11-18-36(40)37-19-12-15-24-41(37)51-56)45(30-33)58-46-31-34(49(7,8)10-2)27-29-44(46)54-57-52-42-25-16-13-20-38(42)39-22-17-21-35(32(3)4)47(39)55-57/h11-32H,9-10H2,1-8H3. The average molecular weight is 829 g/mol. The molecule has 1 unspecified atom stereocenters. The fourth-order valence-electron chi connectivity index (χ4n) is 6.91. The molecule has 0 spiro atoms. The van der Waals surface area contributed by atoms with E-state index in [0.717, 1.165) is 72.1 Å². The van der Waals surface area contributed by atoms with Crippen molar-refractivity contribution in [1.82, 2.24) is 0 Å². The minimum atomic E-state index is -1.90. The van der Waals surface area contributed by atoms with Gasteiger partial charge in [0, 0.05) is 21.5 Å². The molecule has 6 aromatic carbocycles. The maximum atomic E-state index is 6.90. The summed E-state index contributed by atoms with van der Waals surface area (Å²) in [6.45, 7) is 17.9. The van der Waals surface area contributed by atoms with Gasteiger partial charge in [0.05, 0.1) is 9.79 Å². The molecule has 298 valence electrons. The molecule has 6 nitrogen and oxygen atoms in total. The molecule has 8 rings (SSSR count). The van der Waals surface area contributed by atoms with E-state index in [4.69, 9.17) is 25.8 Å². The highest BCUT2D eigenvalue weighted by atomic mass is 32.2. The molecule has 58 heavy (non-hydrogen) atoms. The first-order valence-electron chi connectivity index (χ1n) is 20.0. The highest BCUT2D eigenvalue weighted by Crippen LogP contribution is 2.49. The fourth-order valence-corrected chi connectivity index (χ4v) is 10.2. The van der Waals surface area contributed by atoms with Crippen molar-refractivity contribution in [3.63, 3.8) is 0 Å². The van der Waals surface area contributed by atoms with Crippen LogP contribution in [0.1, 0.15) is 90.8 Å². The summed E-state index contributed by atoms with van der Waals surface area (Å²) in [7, 11) is -3.77. The zero-order valence-corrected chi connectivity index (χ0v) is 37.0. The van der Waals surface area contributed by atoms with Gasteiger partial charge >= 0.3 is 16.5 Å². The van der Waals surface area contributed by atoms with Crippen LogP contribution in [-0.4, -0.2) is 0 Å². The molecule has 2 heterocycles. The van der Waals surface area contributed by atoms with Gasteiger partial charge in [0.1, 0.15) is 22.3 Å². The molecular formula is C49H50O6P2S. The molecule has 0 aliphatic heterocycles. The van der Waals surface area contributed by atoms with Crippen molar-refractivity contribution in [3.05, 3.63) is 144 Å². The molecular weight excluding hydrogens is 779 g/mol. The van der Waals surface area contributed by atoms with Crippen LogP contribution in [0.5, 0.6) is 11.5 Å². The summed E-state index contributed by atoms with van der Waals surface area (Å²) in [5.74, 6) is 1.56. The lowest BCUT2D eigenvalue weighted by molar-refractivity contribution is 0.484. The highest BCUT2D eigenvalue weighted by molar-refractivity contribution is 7.99. The van der Waals surface area contributed by atoms with Gasteiger partial charge in [-0.25, -0.2) is 0 Å². The molecule has 0 aliphatic carbocycles. The van der Waals surface area contributed by atoms with E-state index in [9.17, 15) is 0 Å². The Morgan fingerprint density at radius 2 is 0.931 bits per heavy atom. The fraction of sp³-hybridized carbons (Fsp3) is 0.265. The van der Waals surface area contributed by atoms with Gasteiger partial charge in [-0.2, -0.15) is 0 Å². The minimum Gasteiger partial charge on any atom is -0.390 e. The van der Waals surface area contributed by atoms with Crippen LogP contribution in [0.2, 0.25) is 0 Å². The second-order valence-corrected chi connectivity index (χ2v) is 19.3. The lowest BCUT2D eigenvalue weighted by Crippen LogP contribution is -2.15. The quantitative estimate of drug-likeness (QED) is 0.129. The van der Waals surface area contributed by atoms with E-state index < -0.39 is 16.5 Å². The van der Waals surface area contributed by atoms with Gasteiger partial charge in [0.2, 0.25) is 0 Å². The van der Waals surface area contributed by atoms with Crippen LogP contribution in [-0.2, 0) is 10.8 Å². The molecule has 0 saturated carbocycles. The highest BCUT2D eigenvalue weighted by Gasteiger charge is 2.25. The third kappa shape index (κ3) is 8.06. The Morgan fingerprint density at radius 1 is 0.517 bits per heavy atom. The minimum absolute atomic E-state index is 0.0715. The molecule has 0 aliphatic rings. The summed E-state index contributed by atoms with van der Waals surface area (Å²) in [4.78, 5) is 1.84. The summed E-state index contributed by atoms with van der Waals surface area (Å²) >= 11 is 1.61. The van der Waals surface area contributed by atoms with Crippen LogP contribution in [0, 0.1) is 0 Å². The van der Waals surface area contributed by atoms with Gasteiger partial charge in [-0.15, -0.1) is 0 Å². The Kier molecular flexibility index (Phi) is 11.3. The van der Waals surface area contributed by atoms with Crippen LogP contribution in [0.3, 0.4) is 0 Å². The van der Waals surface area contributed by atoms with Crippen LogP contribution < -0.4 is 9.05 Å². The lowest BCUT2D eigenvalue weighted by Gasteiger charge is -2.26. The first-order valence-corrected chi connectivity index (χ1v) is 23.0. The van der Waals surface area contributed by atoms with Crippen molar-refractivity contribution in [1.29, 1.82) is 0 Å². The second-order valence-electron chi connectivity index (χ2n) is 16.3. The Hall–Kier alpha value is -4.93. The first kappa shape index (κ1) is 39.9. The zero-order valence-electron chi connectivity index (χ0n) is 34.4. The van der Waals surface area contributed by atoms with Crippen LogP contribution in [0.25, 0.3) is 43.9 Å². The molecule has 0 fully saturated rings. The predicted octanol–water partition coefficient (Wildman–Crippen LogP) is 17.2. The zero-order chi connectivity index (χ0) is 40.6. The maximum Gasteiger partial charge on any atom is 0.453 e. The number of fused-ring (bicyclic) bond motifs is 6. The monoisotopic (exact) mass is 828 g/mol. The third-order valence-corrected chi connectivity index (χ3v) is 14.5. The van der Waals surface area contributed by atoms with E-state index in [2.05, 4.69) is 128 Å². The largest absolute Gasteiger partial charge is 0.453 e. The molecule has 2 aromatic heterocycles. The Bertz CT molecular complexity index is 2800. The van der Waals surface area contributed by atoms with Gasteiger partial charge in [-0.3, -0.25) is 0 Å². The molecule has 1 atom stereocenters. The van der Waals surface area contributed by atoms with E-state index in [1.807, 2.05) is 54.6 Å². The summed E-state index contributed by atoms with van der Waals surface area (Å²) < 4.78 is 40.2. The maximum absolute atomic E-state index is 6.90. The molecule has 0 saturated heterocycles. The third-order valence-electron chi connectivity index (χ3n) is 11.4. The molecule has 0 radical (unpaired) electrons. The SMILES string of the molecule is CCC(C)(C)c1ccc(Op2oc3ccccc3c3ccccc3o2)c(Sc2cc(C(C)(C)CC)ccc2Op2oc3ccccc3c3cccc(C(C)C)c3o2)c1. The Morgan fingerprint density at radius 3 is 1.38 bits per heavy atom. The number of hydrogen-bond donors (Lipinski definition) is 0. The number of para-hydroxylation sites is 4. The molecule has 9 heteroatoms. The summed E-state index contributed by atoms with van der Waals surface area (Å²) in [5.41, 5.74) is 6.34. The predicted molar refractivity (Wildman–Crippen MR) is 242 cm³/mol. The van der Waals surface area contributed by atoms with Crippen molar-refractivity contribution in [2.45, 2.75) is 94.8 Å². The molecule has 0 bridgehead atoms. The van der Waals surface area contributed by atoms with E-state index in [1.54, 1.807) is 11.8 Å². The van der Waals surface area contributed by atoms with Crippen LogP contribution in [0.15, 0.2) is 154 Å². The average Bonchev–Trinajstić information content (AvgIpc) is 3.49. The number of rotatable bonds is 11. The van der Waals surface area contributed by atoms with E-state index in [-0.39, 0.29) is 16.7 Å². The van der Waals surface area contributed by atoms with Gasteiger partial charge in [-0.1, -0.05) is 152 Å². The number of benzene rings is 6.